The van der Waals surface area contributed by atoms with Gasteiger partial charge < -0.3 is 11.1 Å². The van der Waals surface area contributed by atoms with Crippen LogP contribution in [0.3, 0.4) is 0 Å². The van der Waals surface area contributed by atoms with Crippen molar-refractivity contribution in [3.63, 3.8) is 0 Å². The van der Waals surface area contributed by atoms with Gasteiger partial charge in [0.05, 0.1) is 5.41 Å². The maximum absolute atomic E-state index is 12.6. The molecular weight excluding hydrogens is 253 g/mol. The normalized spacial score (nSPS) is 36.9. The average molecular weight is 273 g/mol. The SMILES string of the molecule is CC(C)[C@H](N)CNC12CC(C(F)(F)F)(C1)C2.Cl. The summed E-state index contributed by atoms with van der Waals surface area (Å²) in [7, 11) is 0. The van der Waals surface area contributed by atoms with Crippen LogP contribution in [0.5, 0.6) is 0 Å². The van der Waals surface area contributed by atoms with Crippen molar-refractivity contribution >= 4 is 12.4 Å². The molecule has 3 N–H and O–H groups in total. The van der Waals surface area contributed by atoms with Crippen LogP contribution in [0.25, 0.3) is 0 Å². The van der Waals surface area contributed by atoms with Gasteiger partial charge in [-0.25, -0.2) is 0 Å². The maximum atomic E-state index is 12.6. The number of nitrogens with one attached hydrogen (secondary N) is 1. The summed E-state index contributed by atoms with van der Waals surface area (Å²) >= 11 is 0. The molecule has 3 aliphatic carbocycles. The summed E-state index contributed by atoms with van der Waals surface area (Å²) in [5, 5.41) is 3.21. The van der Waals surface area contributed by atoms with Crippen molar-refractivity contribution in [3.05, 3.63) is 0 Å². The maximum Gasteiger partial charge on any atom is 0.394 e. The molecule has 0 amide bonds. The Labute approximate surface area is 106 Å². The van der Waals surface area contributed by atoms with Gasteiger partial charge in [-0.3, -0.25) is 0 Å². The lowest BCUT2D eigenvalue weighted by Crippen LogP contribution is -2.78. The third-order valence-electron chi connectivity index (χ3n) is 4.20. The van der Waals surface area contributed by atoms with Gasteiger partial charge in [-0.1, -0.05) is 13.8 Å². The number of hydrogen-bond acceptors (Lipinski definition) is 2. The Hall–Kier alpha value is -0.0000000000000000555. The van der Waals surface area contributed by atoms with E-state index < -0.39 is 11.6 Å². The van der Waals surface area contributed by atoms with Crippen LogP contribution >= 0.6 is 12.4 Å². The quantitative estimate of drug-likeness (QED) is 0.825. The van der Waals surface area contributed by atoms with Crippen molar-refractivity contribution in [2.24, 2.45) is 17.1 Å². The van der Waals surface area contributed by atoms with Crippen molar-refractivity contribution in [1.82, 2.24) is 5.32 Å². The Morgan fingerprint density at radius 2 is 1.71 bits per heavy atom. The number of rotatable bonds is 4. The first kappa shape index (κ1) is 15.1. The highest BCUT2D eigenvalue weighted by Crippen LogP contribution is 2.73. The van der Waals surface area contributed by atoms with Crippen LogP contribution in [0.15, 0.2) is 0 Å². The Kier molecular flexibility index (Phi) is 3.79. The Morgan fingerprint density at radius 3 is 2.06 bits per heavy atom. The molecule has 3 aliphatic rings. The van der Waals surface area contributed by atoms with Gasteiger partial charge in [0.2, 0.25) is 0 Å². The van der Waals surface area contributed by atoms with Crippen LogP contribution in [-0.2, 0) is 0 Å². The standard InChI is InChI=1S/C11H19F3N2.ClH/c1-7(2)8(15)3-16-10-4-9(5-10,6-10)11(12,13)14;/h7-8,16H,3-6,15H2,1-2H3;1H/t8-,9?,10?;/m1./s1. The van der Waals surface area contributed by atoms with Gasteiger partial charge in [0.15, 0.2) is 0 Å². The van der Waals surface area contributed by atoms with Gasteiger partial charge in [-0.15, -0.1) is 12.4 Å². The lowest BCUT2D eigenvalue weighted by atomic mass is 9.39. The van der Waals surface area contributed by atoms with Crippen LogP contribution in [0.4, 0.5) is 13.2 Å². The minimum Gasteiger partial charge on any atom is -0.326 e. The van der Waals surface area contributed by atoms with E-state index in [2.05, 4.69) is 5.32 Å². The van der Waals surface area contributed by atoms with E-state index in [1.165, 1.54) is 0 Å². The first-order chi connectivity index (χ1) is 7.20. The lowest BCUT2D eigenvalue weighted by Gasteiger charge is -2.71. The molecule has 3 rings (SSSR count). The minimum absolute atomic E-state index is 0. The fourth-order valence-electron chi connectivity index (χ4n) is 2.85. The Balaban J connectivity index is 0.00000144. The number of halogens is 4. The van der Waals surface area contributed by atoms with E-state index in [4.69, 9.17) is 5.73 Å². The molecule has 17 heavy (non-hydrogen) atoms. The van der Waals surface area contributed by atoms with Gasteiger partial charge in [-0.2, -0.15) is 13.2 Å². The highest BCUT2D eigenvalue weighted by Gasteiger charge is 2.78. The highest BCUT2D eigenvalue weighted by molar-refractivity contribution is 5.85. The largest absolute Gasteiger partial charge is 0.394 e. The summed E-state index contributed by atoms with van der Waals surface area (Å²) in [6.45, 7) is 4.66. The summed E-state index contributed by atoms with van der Waals surface area (Å²) in [5.41, 5.74) is 4.25. The van der Waals surface area contributed by atoms with E-state index >= 15 is 0 Å². The first-order valence-corrected chi connectivity index (χ1v) is 5.77. The van der Waals surface area contributed by atoms with Crippen LogP contribution in [0, 0.1) is 11.3 Å². The van der Waals surface area contributed by atoms with Crippen molar-refractivity contribution < 1.29 is 13.2 Å². The summed E-state index contributed by atoms with van der Waals surface area (Å²) in [5.74, 6) is 0.358. The molecule has 0 radical (unpaired) electrons. The second kappa shape index (κ2) is 4.28. The average Bonchev–Trinajstić information content (AvgIpc) is 1.95. The molecule has 0 saturated heterocycles. The molecule has 1 atom stereocenters. The third kappa shape index (κ3) is 2.29. The summed E-state index contributed by atoms with van der Waals surface area (Å²) in [4.78, 5) is 0. The number of hydrogen-bond donors (Lipinski definition) is 2. The number of nitrogens with two attached hydrogens (primary N) is 1. The van der Waals surface area contributed by atoms with Crippen LogP contribution in [-0.4, -0.2) is 24.3 Å². The van der Waals surface area contributed by atoms with Gasteiger partial charge in [0.25, 0.3) is 0 Å². The van der Waals surface area contributed by atoms with Gasteiger partial charge in [0, 0.05) is 18.1 Å². The van der Waals surface area contributed by atoms with E-state index in [0.717, 1.165) is 0 Å². The van der Waals surface area contributed by atoms with Crippen LogP contribution < -0.4 is 11.1 Å². The van der Waals surface area contributed by atoms with E-state index in [-0.39, 0.29) is 43.3 Å². The van der Waals surface area contributed by atoms with Gasteiger partial charge in [-0.05, 0) is 25.2 Å². The zero-order valence-corrected chi connectivity index (χ0v) is 10.9. The highest BCUT2D eigenvalue weighted by atomic mass is 35.5. The zero-order chi connectivity index (χ0) is 12.2. The fraction of sp³-hybridized carbons (Fsp3) is 1.00. The van der Waals surface area contributed by atoms with Crippen molar-refractivity contribution in [3.8, 4) is 0 Å². The van der Waals surface area contributed by atoms with Crippen LogP contribution in [0.1, 0.15) is 33.1 Å². The third-order valence-corrected chi connectivity index (χ3v) is 4.20. The fourth-order valence-corrected chi connectivity index (χ4v) is 2.85. The molecule has 2 bridgehead atoms. The molecule has 2 nitrogen and oxygen atoms in total. The topological polar surface area (TPSA) is 38.0 Å². The lowest BCUT2D eigenvalue weighted by molar-refractivity contribution is -0.339. The Bertz CT molecular complexity index is 271. The monoisotopic (exact) mass is 272 g/mol. The molecule has 0 unspecified atom stereocenters. The molecule has 0 spiro atoms. The molecule has 6 heteroatoms. The molecule has 0 aliphatic heterocycles. The zero-order valence-electron chi connectivity index (χ0n) is 10.1. The smallest absolute Gasteiger partial charge is 0.326 e. The minimum atomic E-state index is -4.02. The van der Waals surface area contributed by atoms with Crippen LogP contribution in [0.2, 0.25) is 0 Å². The first-order valence-electron chi connectivity index (χ1n) is 5.77. The molecule has 3 fully saturated rings. The van der Waals surface area contributed by atoms with E-state index in [1.807, 2.05) is 13.8 Å². The second-order valence-corrected chi connectivity index (χ2v) is 5.88. The van der Waals surface area contributed by atoms with Crippen molar-refractivity contribution in [2.45, 2.75) is 50.9 Å². The summed E-state index contributed by atoms with van der Waals surface area (Å²) in [6.07, 6.45) is -3.28. The molecular formula is C11H20ClF3N2. The van der Waals surface area contributed by atoms with Gasteiger partial charge in [0.1, 0.15) is 0 Å². The van der Waals surface area contributed by atoms with E-state index in [0.29, 0.717) is 12.5 Å². The number of alkyl halides is 3. The van der Waals surface area contributed by atoms with Gasteiger partial charge >= 0.3 is 6.18 Å². The van der Waals surface area contributed by atoms with Crippen molar-refractivity contribution in [2.75, 3.05) is 6.54 Å². The van der Waals surface area contributed by atoms with E-state index in [1.54, 1.807) is 0 Å². The molecule has 0 heterocycles. The Morgan fingerprint density at radius 1 is 1.24 bits per heavy atom. The predicted molar refractivity (Wildman–Crippen MR) is 63.1 cm³/mol. The molecule has 0 aromatic carbocycles. The van der Waals surface area contributed by atoms with E-state index in [9.17, 15) is 13.2 Å². The van der Waals surface area contributed by atoms with Crippen molar-refractivity contribution in [1.29, 1.82) is 0 Å². The second-order valence-electron chi connectivity index (χ2n) is 5.88. The molecule has 3 saturated carbocycles. The summed E-state index contributed by atoms with van der Waals surface area (Å²) < 4.78 is 37.7. The molecule has 102 valence electrons. The molecule has 0 aromatic rings. The predicted octanol–water partition coefficient (Wildman–Crippen LogP) is 2.47. The molecule has 0 aromatic heterocycles. The summed E-state index contributed by atoms with van der Waals surface area (Å²) in [6, 6.07) is 0.0239.